The second-order valence-corrected chi connectivity index (χ2v) is 9.48. The normalized spacial score (nSPS) is 10.9. The summed E-state index contributed by atoms with van der Waals surface area (Å²) in [5, 5.41) is 0.675. The third-order valence-electron chi connectivity index (χ3n) is 5.59. The highest BCUT2D eigenvalue weighted by atomic mass is 79.9. The summed E-state index contributed by atoms with van der Waals surface area (Å²) in [6.07, 6.45) is 3.44. The number of carbonyl (C=O) groups excluding carboxylic acids is 2. The molecule has 0 radical (unpaired) electrons. The number of likely N-dealkylation sites (N-methyl/N-ethyl adjacent to an activating group) is 1. The fraction of sp³-hybridized carbons (Fsp3) is 0.200. The third kappa shape index (κ3) is 5.18. The van der Waals surface area contributed by atoms with E-state index < -0.39 is 0 Å². The first kappa shape index (κ1) is 25.9. The molecule has 8 nitrogen and oxygen atoms in total. The zero-order valence-corrected chi connectivity index (χ0v) is 22.8. The highest BCUT2D eigenvalue weighted by Crippen LogP contribution is 2.35. The number of fused-ring (bicyclic) bond motifs is 1. The van der Waals surface area contributed by atoms with Gasteiger partial charge in [0.1, 0.15) is 23.6 Å². The van der Waals surface area contributed by atoms with E-state index in [1.807, 2.05) is 29.7 Å². The van der Waals surface area contributed by atoms with E-state index in [1.54, 1.807) is 43.6 Å². The topological polar surface area (TPSA) is 80.0 Å². The quantitative estimate of drug-likeness (QED) is 0.276. The van der Waals surface area contributed by atoms with Crippen molar-refractivity contribution in [3.05, 3.63) is 80.8 Å². The number of benzene rings is 1. The summed E-state index contributed by atoms with van der Waals surface area (Å²) in [6.45, 7) is 3.13. The van der Waals surface area contributed by atoms with Crippen LogP contribution in [-0.4, -0.2) is 39.8 Å². The van der Waals surface area contributed by atoms with E-state index in [9.17, 15) is 9.59 Å². The number of anilines is 2. The van der Waals surface area contributed by atoms with Crippen molar-refractivity contribution in [3.8, 4) is 5.75 Å². The zero-order valence-electron chi connectivity index (χ0n) is 19.7. The monoisotopic (exact) mass is 589 g/mol. The molecule has 0 aliphatic rings. The molecule has 3 aromatic heterocycles. The minimum Gasteiger partial charge on any atom is -0.485 e. The fourth-order valence-corrected chi connectivity index (χ4v) is 4.59. The van der Waals surface area contributed by atoms with Crippen molar-refractivity contribution in [2.45, 2.75) is 20.5 Å². The molecule has 36 heavy (non-hydrogen) atoms. The van der Waals surface area contributed by atoms with Crippen LogP contribution in [0.25, 0.3) is 5.65 Å². The number of halogens is 3. The van der Waals surface area contributed by atoms with Crippen LogP contribution in [0.1, 0.15) is 18.2 Å². The number of carbonyl (C=O) groups is 2. The van der Waals surface area contributed by atoms with Gasteiger partial charge in [-0.05, 0) is 59.3 Å². The molecular weight excluding hydrogens is 569 g/mol. The predicted octanol–water partition coefficient (Wildman–Crippen LogP) is 5.70. The maximum atomic E-state index is 13.1. The number of hydrogen-bond donors (Lipinski definition) is 0. The Balaban J connectivity index is 1.56. The van der Waals surface area contributed by atoms with Gasteiger partial charge < -0.3 is 9.64 Å². The molecule has 0 aliphatic carbocycles. The van der Waals surface area contributed by atoms with Crippen LogP contribution in [0.3, 0.4) is 0 Å². The third-order valence-corrected chi connectivity index (χ3v) is 7.32. The molecule has 0 bridgehead atoms. The van der Waals surface area contributed by atoms with Gasteiger partial charge in [-0.2, -0.15) is 0 Å². The van der Waals surface area contributed by atoms with E-state index in [0.29, 0.717) is 33.5 Å². The maximum absolute atomic E-state index is 13.1. The average Bonchev–Trinajstić information content (AvgIpc) is 3.16. The van der Waals surface area contributed by atoms with Gasteiger partial charge in [0.05, 0.1) is 16.4 Å². The van der Waals surface area contributed by atoms with Crippen molar-refractivity contribution in [1.29, 1.82) is 0 Å². The van der Waals surface area contributed by atoms with Gasteiger partial charge in [-0.15, -0.1) is 0 Å². The van der Waals surface area contributed by atoms with Crippen LogP contribution >= 0.6 is 39.1 Å². The standard InChI is InChI=1S/C25H22BrCl2N5O3/c1-15-24(26)32-12-6-7-20(25(32)30-15)36-14-17-18(27)9-10-19(23(17)28)31(3)22(35)13-33(16(2)34)21-8-4-5-11-29-21/h4-12H,13-14H2,1-3H3. The molecule has 4 aromatic rings. The molecule has 0 atom stereocenters. The molecule has 1 aromatic carbocycles. The highest BCUT2D eigenvalue weighted by Gasteiger charge is 2.23. The number of imidazole rings is 1. The molecular formula is C25H22BrCl2N5O3. The molecule has 3 heterocycles. The van der Waals surface area contributed by atoms with Crippen molar-refractivity contribution >= 4 is 68.1 Å². The molecule has 186 valence electrons. The number of nitrogens with zero attached hydrogens (tertiary/aromatic N) is 5. The summed E-state index contributed by atoms with van der Waals surface area (Å²) in [4.78, 5) is 36.7. The van der Waals surface area contributed by atoms with E-state index in [4.69, 9.17) is 27.9 Å². The molecule has 0 unspecified atom stereocenters. The van der Waals surface area contributed by atoms with Crippen LogP contribution < -0.4 is 14.5 Å². The molecule has 11 heteroatoms. The number of amides is 2. The van der Waals surface area contributed by atoms with E-state index in [-0.39, 0.29) is 30.0 Å². The van der Waals surface area contributed by atoms with E-state index in [0.717, 1.165) is 10.3 Å². The summed E-state index contributed by atoms with van der Waals surface area (Å²) in [5.74, 6) is 0.287. The molecule has 0 spiro atoms. The van der Waals surface area contributed by atoms with Crippen molar-refractivity contribution in [2.24, 2.45) is 0 Å². The first-order valence-electron chi connectivity index (χ1n) is 10.9. The van der Waals surface area contributed by atoms with Gasteiger partial charge in [-0.1, -0.05) is 29.3 Å². The summed E-state index contributed by atoms with van der Waals surface area (Å²) >= 11 is 16.7. The maximum Gasteiger partial charge on any atom is 0.246 e. The Morgan fingerprint density at radius 3 is 2.61 bits per heavy atom. The first-order chi connectivity index (χ1) is 17.2. The van der Waals surface area contributed by atoms with Crippen LogP contribution in [0.2, 0.25) is 10.0 Å². The Morgan fingerprint density at radius 1 is 1.14 bits per heavy atom. The van der Waals surface area contributed by atoms with Gasteiger partial charge in [-0.3, -0.25) is 18.9 Å². The Labute approximate surface area is 226 Å². The van der Waals surface area contributed by atoms with Crippen molar-refractivity contribution in [2.75, 3.05) is 23.4 Å². The molecule has 0 N–H and O–H groups in total. The highest BCUT2D eigenvalue weighted by molar-refractivity contribution is 9.10. The summed E-state index contributed by atoms with van der Waals surface area (Å²) in [6, 6.07) is 12.1. The van der Waals surface area contributed by atoms with Gasteiger partial charge in [0, 0.05) is 37.0 Å². The minimum absolute atomic E-state index is 0.0598. The van der Waals surface area contributed by atoms with Gasteiger partial charge in [0.15, 0.2) is 11.4 Å². The lowest BCUT2D eigenvalue weighted by molar-refractivity contribution is -0.121. The molecule has 2 amide bonds. The minimum atomic E-state index is -0.352. The second kappa shape index (κ2) is 10.9. The molecule has 0 saturated heterocycles. The van der Waals surface area contributed by atoms with Gasteiger partial charge in [0.25, 0.3) is 0 Å². The predicted molar refractivity (Wildman–Crippen MR) is 144 cm³/mol. The smallest absolute Gasteiger partial charge is 0.246 e. The number of pyridine rings is 2. The fourth-order valence-electron chi connectivity index (χ4n) is 3.61. The lowest BCUT2D eigenvalue weighted by Gasteiger charge is -2.25. The lowest BCUT2D eigenvalue weighted by Crippen LogP contribution is -2.41. The number of hydrogen-bond acceptors (Lipinski definition) is 5. The summed E-state index contributed by atoms with van der Waals surface area (Å²) in [5.41, 5.74) is 2.44. The average molecular weight is 591 g/mol. The number of rotatable bonds is 7. The van der Waals surface area contributed by atoms with E-state index >= 15 is 0 Å². The Bertz CT molecular complexity index is 1440. The molecule has 0 saturated carbocycles. The zero-order chi connectivity index (χ0) is 26.0. The molecule has 0 aliphatic heterocycles. The van der Waals surface area contributed by atoms with Gasteiger partial charge in [0.2, 0.25) is 11.8 Å². The number of aromatic nitrogens is 3. The first-order valence-corrected chi connectivity index (χ1v) is 12.4. The van der Waals surface area contributed by atoms with Crippen LogP contribution in [0, 0.1) is 6.92 Å². The largest absolute Gasteiger partial charge is 0.485 e. The number of aryl methyl sites for hydroxylation is 1. The van der Waals surface area contributed by atoms with Crippen molar-refractivity contribution in [3.63, 3.8) is 0 Å². The van der Waals surface area contributed by atoms with Crippen molar-refractivity contribution < 1.29 is 14.3 Å². The summed E-state index contributed by atoms with van der Waals surface area (Å²) < 4.78 is 8.76. The van der Waals surface area contributed by atoms with E-state index in [2.05, 4.69) is 25.9 Å². The van der Waals surface area contributed by atoms with Crippen LogP contribution in [0.15, 0.2) is 59.5 Å². The van der Waals surface area contributed by atoms with Gasteiger partial charge >= 0.3 is 0 Å². The van der Waals surface area contributed by atoms with Gasteiger partial charge in [-0.25, -0.2) is 9.97 Å². The van der Waals surface area contributed by atoms with Crippen molar-refractivity contribution in [1.82, 2.24) is 14.4 Å². The van der Waals surface area contributed by atoms with E-state index in [1.165, 1.54) is 16.7 Å². The van der Waals surface area contributed by atoms with Crippen LogP contribution in [0.5, 0.6) is 5.75 Å². The Morgan fingerprint density at radius 2 is 1.92 bits per heavy atom. The lowest BCUT2D eigenvalue weighted by atomic mass is 10.2. The Hall–Kier alpha value is -3.14. The Kier molecular flexibility index (Phi) is 7.82. The molecule has 4 rings (SSSR count). The van der Waals surface area contributed by atoms with Crippen LogP contribution in [-0.2, 0) is 16.2 Å². The SMILES string of the molecule is CC(=O)N(CC(=O)N(C)c1ccc(Cl)c(COc2cccn3c(Br)c(C)nc23)c1Cl)c1ccccn1. The second-order valence-electron chi connectivity index (χ2n) is 7.95. The molecule has 0 fully saturated rings. The van der Waals surface area contributed by atoms with Crippen LogP contribution in [0.4, 0.5) is 11.5 Å². The summed E-state index contributed by atoms with van der Waals surface area (Å²) in [7, 11) is 1.59. The number of ether oxygens (including phenoxy) is 1.